The quantitative estimate of drug-likeness (QED) is 0.679. The van der Waals surface area contributed by atoms with E-state index in [1.807, 2.05) is 30.3 Å². The third-order valence-electron chi connectivity index (χ3n) is 4.82. The van der Waals surface area contributed by atoms with E-state index in [1.165, 1.54) is 6.92 Å². The summed E-state index contributed by atoms with van der Waals surface area (Å²) in [7, 11) is 0. The minimum absolute atomic E-state index is 0.0483. The van der Waals surface area contributed by atoms with Crippen LogP contribution in [0.1, 0.15) is 30.1 Å². The number of ether oxygens (including phenoxy) is 2. The van der Waals surface area contributed by atoms with Crippen LogP contribution in [-0.4, -0.2) is 54.2 Å². The van der Waals surface area contributed by atoms with Crippen LogP contribution in [0, 0.1) is 0 Å². The fourth-order valence-corrected chi connectivity index (χ4v) is 3.46. The van der Waals surface area contributed by atoms with Crippen LogP contribution in [0.4, 0.5) is 0 Å². The third-order valence-corrected chi connectivity index (χ3v) is 5.07. The van der Waals surface area contributed by atoms with E-state index in [0.717, 1.165) is 31.7 Å². The van der Waals surface area contributed by atoms with Gasteiger partial charge >= 0.3 is 0 Å². The number of para-hydroxylation sites is 1. The lowest BCUT2D eigenvalue weighted by molar-refractivity contribution is 0.0399. The summed E-state index contributed by atoms with van der Waals surface area (Å²) in [6.45, 7) is 3.93. The fourth-order valence-electron chi connectivity index (χ4n) is 3.34. The number of aliphatic hydroxyl groups excluding tert-OH is 1. The first-order valence-electron chi connectivity index (χ1n) is 9.56. The highest BCUT2D eigenvalue weighted by molar-refractivity contribution is 6.30. The molecule has 0 bridgehead atoms. The highest BCUT2D eigenvalue weighted by Crippen LogP contribution is 2.22. The van der Waals surface area contributed by atoms with Gasteiger partial charge < -0.3 is 19.5 Å². The highest BCUT2D eigenvalue weighted by atomic mass is 35.5. The lowest BCUT2D eigenvalue weighted by Crippen LogP contribution is -2.43. The van der Waals surface area contributed by atoms with Crippen molar-refractivity contribution in [2.75, 3.05) is 26.2 Å². The lowest BCUT2D eigenvalue weighted by Gasteiger charge is -2.33. The molecule has 1 unspecified atom stereocenters. The molecule has 1 saturated heterocycles. The Balaban J connectivity index is 1.41. The summed E-state index contributed by atoms with van der Waals surface area (Å²) in [6.07, 6.45) is 1.37. The summed E-state index contributed by atoms with van der Waals surface area (Å²) in [6, 6.07) is 14.5. The van der Waals surface area contributed by atoms with E-state index in [-0.39, 0.29) is 18.5 Å². The molecule has 150 valence electrons. The maximum Gasteiger partial charge on any atom is 0.163 e. The van der Waals surface area contributed by atoms with E-state index in [9.17, 15) is 9.90 Å². The first-order valence-corrected chi connectivity index (χ1v) is 9.94. The molecule has 5 nitrogen and oxygen atoms in total. The molecule has 1 N–H and O–H groups in total. The Labute approximate surface area is 170 Å². The van der Waals surface area contributed by atoms with Crippen LogP contribution < -0.4 is 9.47 Å². The molecule has 0 amide bonds. The van der Waals surface area contributed by atoms with Crippen molar-refractivity contribution in [3.63, 3.8) is 0 Å². The Hall–Kier alpha value is -2.08. The Morgan fingerprint density at radius 1 is 1.18 bits per heavy atom. The summed E-state index contributed by atoms with van der Waals surface area (Å²) < 4.78 is 11.7. The molecule has 0 saturated carbocycles. The van der Waals surface area contributed by atoms with Crippen molar-refractivity contribution in [3.05, 3.63) is 59.1 Å². The lowest BCUT2D eigenvalue weighted by atomic mass is 10.1. The molecule has 1 atom stereocenters. The number of benzene rings is 2. The number of Topliss-reactive ketones (excluding diaryl/α,β-unsaturated/α-hetero) is 1. The second kappa shape index (κ2) is 9.92. The van der Waals surface area contributed by atoms with E-state index in [4.69, 9.17) is 21.1 Å². The average molecular weight is 404 g/mol. The van der Waals surface area contributed by atoms with Crippen molar-refractivity contribution < 1.29 is 19.4 Å². The molecule has 3 rings (SSSR count). The van der Waals surface area contributed by atoms with Gasteiger partial charge in [0, 0.05) is 24.7 Å². The molecule has 1 fully saturated rings. The number of nitrogens with zero attached hydrogens (tertiary/aromatic N) is 1. The average Bonchev–Trinajstić information content (AvgIpc) is 2.70. The van der Waals surface area contributed by atoms with Crippen LogP contribution in [0.25, 0.3) is 0 Å². The molecule has 1 heterocycles. The predicted molar refractivity (Wildman–Crippen MR) is 109 cm³/mol. The van der Waals surface area contributed by atoms with Crippen LogP contribution in [0.2, 0.25) is 5.02 Å². The number of aliphatic hydroxyl groups is 1. The summed E-state index contributed by atoms with van der Waals surface area (Å²) in [5.41, 5.74) is 0.537. The van der Waals surface area contributed by atoms with Crippen LogP contribution in [0.15, 0.2) is 48.5 Å². The molecule has 0 aromatic heterocycles. The minimum Gasteiger partial charge on any atom is -0.490 e. The molecule has 2 aromatic rings. The number of rotatable bonds is 8. The number of hydrogen-bond donors (Lipinski definition) is 1. The standard InChI is InChI=1S/C22H26ClNO4/c1-16(25)21-4-2-3-5-22(21)27-15-18(26)14-24-12-10-20(11-13-24)28-19-8-6-17(23)7-9-19/h2-9,18,20,26H,10-15H2,1H3. The number of β-amino-alcohol motifs (C(OH)–C–C–N with tert-alkyl or cyclic N) is 1. The molecule has 0 aliphatic carbocycles. The zero-order valence-electron chi connectivity index (χ0n) is 16.0. The number of halogens is 1. The largest absolute Gasteiger partial charge is 0.490 e. The predicted octanol–water partition coefficient (Wildman–Crippen LogP) is 3.83. The molecule has 2 aromatic carbocycles. The van der Waals surface area contributed by atoms with E-state index in [0.29, 0.717) is 22.9 Å². The normalized spacial score (nSPS) is 16.5. The van der Waals surface area contributed by atoms with Crippen molar-refractivity contribution >= 4 is 17.4 Å². The maximum atomic E-state index is 11.6. The Bertz CT molecular complexity index is 772. The van der Waals surface area contributed by atoms with Gasteiger partial charge in [-0.05, 0) is 56.2 Å². The fraction of sp³-hybridized carbons (Fsp3) is 0.409. The first kappa shape index (κ1) is 20.6. The summed E-state index contributed by atoms with van der Waals surface area (Å²) in [4.78, 5) is 13.9. The van der Waals surface area contributed by atoms with Crippen molar-refractivity contribution in [1.82, 2.24) is 4.90 Å². The number of likely N-dealkylation sites (tertiary alicyclic amines) is 1. The van der Waals surface area contributed by atoms with Crippen molar-refractivity contribution in [2.24, 2.45) is 0 Å². The van der Waals surface area contributed by atoms with Gasteiger partial charge in [-0.15, -0.1) is 0 Å². The number of hydrogen-bond acceptors (Lipinski definition) is 5. The number of ketones is 1. The summed E-state index contributed by atoms with van der Waals surface area (Å²) in [5.74, 6) is 1.30. The summed E-state index contributed by atoms with van der Waals surface area (Å²) in [5, 5.41) is 11.0. The smallest absolute Gasteiger partial charge is 0.163 e. The van der Waals surface area contributed by atoms with Gasteiger partial charge in [-0.3, -0.25) is 4.79 Å². The first-order chi connectivity index (χ1) is 13.5. The molecule has 6 heteroatoms. The second-order valence-electron chi connectivity index (χ2n) is 7.09. The van der Waals surface area contributed by atoms with Crippen LogP contribution in [0.3, 0.4) is 0 Å². The van der Waals surface area contributed by atoms with Crippen molar-refractivity contribution in [2.45, 2.75) is 32.0 Å². The van der Waals surface area contributed by atoms with Crippen LogP contribution in [0.5, 0.6) is 11.5 Å². The van der Waals surface area contributed by atoms with E-state index < -0.39 is 6.10 Å². The summed E-state index contributed by atoms with van der Waals surface area (Å²) >= 11 is 5.90. The van der Waals surface area contributed by atoms with Crippen LogP contribution in [-0.2, 0) is 0 Å². The van der Waals surface area contributed by atoms with Gasteiger partial charge in [-0.25, -0.2) is 0 Å². The van der Waals surface area contributed by atoms with E-state index in [1.54, 1.807) is 18.2 Å². The molecular formula is C22H26ClNO4. The Kier molecular flexibility index (Phi) is 7.31. The Morgan fingerprint density at radius 3 is 2.54 bits per heavy atom. The number of carbonyl (C=O) groups excluding carboxylic acids is 1. The van der Waals surface area contributed by atoms with Gasteiger partial charge in [-0.1, -0.05) is 23.7 Å². The molecule has 0 spiro atoms. The monoisotopic (exact) mass is 403 g/mol. The highest BCUT2D eigenvalue weighted by Gasteiger charge is 2.22. The van der Waals surface area contributed by atoms with Crippen molar-refractivity contribution in [3.8, 4) is 11.5 Å². The second-order valence-corrected chi connectivity index (χ2v) is 7.53. The van der Waals surface area contributed by atoms with E-state index in [2.05, 4.69) is 4.90 Å². The Morgan fingerprint density at radius 2 is 1.86 bits per heavy atom. The van der Waals surface area contributed by atoms with Gasteiger partial charge in [0.15, 0.2) is 5.78 Å². The molecule has 0 radical (unpaired) electrons. The van der Waals surface area contributed by atoms with Crippen molar-refractivity contribution in [1.29, 1.82) is 0 Å². The topological polar surface area (TPSA) is 59.0 Å². The molecule has 1 aliphatic rings. The van der Waals surface area contributed by atoms with Crippen LogP contribution >= 0.6 is 11.6 Å². The van der Waals surface area contributed by atoms with Gasteiger partial charge in [-0.2, -0.15) is 0 Å². The third kappa shape index (κ3) is 5.96. The number of piperidine rings is 1. The van der Waals surface area contributed by atoms with Gasteiger partial charge in [0.25, 0.3) is 0 Å². The van der Waals surface area contributed by atoms with Gasteiger partial charge in [0.05, 0.1) is 5.56 Å². The SMILES string of the molecule is CC(=O)c1ccccc1OCC(O)CN1CCC(Oc2ccc(Cl)cc2)CC1. The zero-order chi connectivity index (χ0) is 19.9. The molecule has 28 heavy (non-hydrogen) atoms. The van der Waals surface area contributed by atoms with E-state index >= 15 is 0 Å². The zero-order valence-corrected chi connectivity index (χ0v) is 16.8. The minimum atomic E-state index is -0.617. The molecule has 1 aliphatic heterocycles. The van der Waals surface area contributed by atoms with Gasteiger partial charge in [0.2, 0.25) is 0 Å². The van der Waals surface area contributed by atoms with Gasteiger partial charge in [0.1, 0.15) is 30.3 Å². The molecular weight excluding hydrogens is 378 g/mol. The number of carbonyl (C=O) groups is 1. The maximum absolute atomic E-state index is 11.6.